The van der Waals surface area contributed by atoms with E-state index in [0.29, 0.717) is 0 Å². The Hall–Kier alpha value is -2.11. The molecule has 1 unspecified atom stereocenters. The van der Waals surface area contributed by atoms with E-state index < -0.39 is 6.04 Å². The van der Waals surface area contributed by atoms with Crippen LogP contribution in [-0.2, 0) is 11.2 Å². The number of rotatable bonds is 5. The van der Waals surface area contributed by atoms with Crippen molar-refractivity contribution in [3.63, 3.8) is 0 Å². The minimum atomic E-state index is -0.548. The molecule has 0 bridgehead atoms. The lowest BCUT2D eigenvalue weighted by Crippen LogP contribution is -2.61. The molecule has 2 fully saturated rings. The van der Waals surface area contributed by atoms with Crippen molar-refractivity contribution in [2.75, 3.05) is 6.54 Å². The van der Waals surface area contributed by atoms with E-state index >= 15 is 0 Å². The summed E-state index contributed by atoms with van der Waals surface area (Å²) in [5.41, 5.74) is 0.328. The summed E-state index contributed by atoms with van der Waals surface area (Å²) in [6.45, 7) is 8.91. The van der Waals surface area contributed by atoms with Crippen LogP contribution in [0.2, 0.25) is 0 Å². The normalized spacial score (nSPS) is 22.4. The number of urea groups is 1. The number of pyridine rings is 1. The van der Waals surface area contributed by atoms with E-state index in [9.17, 15) is 9.59 Å². The first-order valence-electron chi connectivity index (χ1n) is 11.5. The largest absolute Gasteiger partial charge is 0.338 e. The minimum Gasteiger partial charge on any atom is -0.338 e. The monoisotopic (exact) mass is 414 g/mol. The Balaban J connectivity index is 1.72. The first-order valence-corrected chi connectivity index (χ1v) is 11.5. The molecule has 1 aliphatic carbocycles. The SMILES string of the molecule is C[C@@H]1CCCN1C(=O)C(NC(=O)NC1(Cc2ccccn2)CCCCC1)C(C)(C)C. The van der Waals surface area contributed by atoms with Crippen LogP contribution in [0.3, 0.4) is 0 Å². The molecule has 6 nitrogen and oxygen atoms in total. The Bertz CT molecular complexity index is 722. The van der Waals surface area contributed by atoms with Gasteiger partial charge in [0.15, 0.2) is 0 Å². The van der Waals surface area contributed by atoms with Crippen molar-refractivity contribution in [2.45, 2.75) is 96.7 Å². The maximum absolute atomic E-state index is 13.3. The molecule has 30 heavy (non-hydrogen) atoms. The molecule has 1 saturated carbocycles. The Labute approximate surface area is 181 Å². The summed E-state index contributed by atoms with van der Waals surface area (Å²) in [7, 11) is 0. The first-order chi connectivity index (χ1) is 14.2. The van der Waals surface area contributed by atoms with Gasteiger partial charge in [-0.2, -0.15) is 0 Å². The van der Waals surface area contributed by atoms with Crippen molar-refractivity contribution in [3.8, 4) is 0 Å². The third-order valence-corrected chi connectivity index (χ3v) is 6.66. The third-order valence-electron chi connectivity index (χ3n) is 6.66. The van der Waals surface area contributed by atoms with E-state index in [1.165, 1.54) is 6.42 Å². The van der Waals surface area contributed by atoms with Gasteiger partial charge in [0.2, 0.25) is 5.91 Å². The fraction of sp³-hybridized carbons (Fsp3) is 0.708. The van der Waals surface area contributed by atoms with Crippen LogP contribution in [0.25, 0.3) is 0 Å². The highest BCUT2D eigenvalue weighted by atomic mass is 16.2. The number of carbonyl (C=O) groups excluding carboxylic acids is 2. The van der Waals surface area contributed by atoms with Crippen molar-refractivity contribution in [1.29, 1.82) is 0 Å². The predicted octanol–water partition coefficient (Wildman–Crippen LogP) is 4.05. The molecule has 3 rings (SSSR count). The van der Waals surface area contributed by atoms with E-state index in [1.807, 2.05) is 43.9 Å². The molecular formula is C24H38N4O2. The van der Waals surface area contributed by atoms with Gasteiger partial charge >= 0.3 is 6.03 Å². The molecule has 2 atom stereocenters. The van der Waals surface area contributed by atoms with Crippen LogP contribution in [0.4, 0.5) is 4.79 Å². The van der Waals surface area contributed by atoms with Gasteiger partial charge in [-0.1, -0.05) is 46.1 Å². The van der Waals surface area contributed by atoms with E-state index in [-0.39, 0.29) is 28.9 Å². The number of carbonyl (C=O) groups is 2. The maximum atomic E-state index is 13.3. The summed E-state index contributed by atoms with van der Waals surface area (Å²) >= 11 is 0. The van der Waals surface area contributed by atoms with E-state index in [0.717, 1.165) is 57.2 Å². The summed E-state index contributed by atoms with van der Waals surface area (Å²) in [6, 6.07) is 5.37. The number of nitrogens with zero attached hydrogens (tertiary/aromatic N) is 2. The summed E-state index contributed by atoms with van der Waals surface area (Å²) in [5, 5.41) is 6.33. The number of likely N-dealkylation sites (tertiary alicyclic amines) is 1. The summed E-state index contributed by atoms with van der Waals surface area (Å²) < 4.78 is 0. The van der Waals surface area contributed by atoms with E-state index in [2.05, 4.69) is 22.5 Å². The molecule has 166 valence electrons. The zero-order valence-corrected chi connectivity index (χ0v) is 19.0. The van der Waals surface area contributed by atoms with Gasteiger partial charge in [0.05, 0.1) is 0 Å². The van der Waals surface area contributed by atoms with Crippen molar-refractivity contribution in [3.05, 3.63) is 30.1 Å². The molecule has 0 aromatic carbocycles. The van der Waals surface area contributed by atoms with Crippen LogP contribution < -0.4 is 10.6 Å². The molecule has 1 aromatic heterocycles. The standard InChI is InChI=1S/C24H38N4O2/c1-18-11-10-16-28(18)21(29)20(23(2,3)4)26-22(30)27-24(13-7-5-8-14-24)17-19-12-6-9-15-25-19/h6,9,12,15,18,20H,5,7-8,10-11,13-14,16-17H2,1-4H3,(H2,26,27,30)/t18-,20?/m1/s1. The van der Waals surface area contributed by atoms with Crippen molar-refractivity contribution >= 4 is 11.9 Å². The first kappa shape index (κ1) is 22.6. The zero-order valence-electron chi connectivity index (χ0n) is 19.0. The third kappa shape index (κ3) is 5.52. The Morgan fingerprint density at radius 1 is 1.20 bits per heavy atom. The smallest absolute Gasteiger partial charge is 0.315 e. The number of hydrogen-bond donors (Lipinski definition) is 2. The second kappa shape index (κ2) is 9.36. The predicted molar refractivity (Wildman–Crippen MR) is 119 cm³/mol. The molecule has 0 radical (unpaired) electrons. The Morgan fingerprint density at radius 2 is 1.93 bits per heavy atom. The molecule has 3 amide bonds. The molecule has 2 aliphatic rings. The highest BCUT2D eigenvalue weighted by Gasteiger charge is 2.40. The highest BCUT2D eigenvalue weighted by molar-refractivity contribution is 5.88. The van der Waals surface area contributed by atoms with E-state index in [1.54, 1.807) is 6.20 Å². The van der Waals surface area contributed by atoms with Gasteiger partial charge in [-0.05, 0) is 50.2 Å². The fourth-order valence-corrected chi connectivity index (χ4v) is 4.91. The maximum Gasteiger partial charge on any atom is 0.315 e. The van der Waals surface area contributed by atoms with E-state index in [4.69, 9.17) is 0 Å². The molecular weight excluding hydrogens is 376 g/mol. The lowest BCUT2D eigenvalue weighted by molar-refractivity contribution is -0.136. The van der Waals surface area contributed by atoms with Crippen LogP contribution in [0.5, 0.6) is 0 Å². The van der Waals surface area contributed by atoms with Crippen LogP contribution in [-0.4, -0.2) is 46.0 Å². The van der Waals surface area contributed by atoms with Crippen molar-refractivity contribution in [1.82, 2.24) is 20.5 Å². The minimum absolute atomic E-state index is 0.0325. The molecule has 1 saturated heterocycles. The van der Waals surface area contributed by atoms with Gasteiger partial charge in [0, 0.05) is 36.4 Å². The quantitative estimate of drug-likeness (QED) is 0.763. The second-order valence-electron chi connectivity index (χ2n) is 10.3. The molecule has 1 aliphatic heterocycles. The van der Waals surface area contributed by atoms with Gasteiger partial charge in [0.25, 0.3) is 0 Å². The second-order valence-corrected chi connectivity index (χ2v) is 10.3. The number of nitrogens with one attached hydrogen (secondary N) is 2. The van der Waals surface area contributed by atoms with Crippen molar-refractivity contribution < 1.29 is 9.59 Å². The summed E-state index contributed by atoms with van der Waals surface area (Å²) in [6.07, 6.45) is 9.85. The lowest BCUT2D eigenvalue weighted by atomic mass is 9.78. The Morgan fingerprint density at radius 3 is 2.50 bits per heavy atom. The summed E-state index contributed by atoms with van der Waals surface area (Å²) in [4.78, 5) is 32.8. The average Bonchev–Trinajstić information content (AvgIpc) is 3.12. The van der Waals surface area contributed by atoms with Crippen LogP contribution in [0, 0.1) is 5.41 Å². The van der Waals surface area contributed by atoms with Gasteiger partial charge in [-0.3, -0.25) is 9.78 Å². The van der Waals surface area contributed by atoms with Gasteiger partial charge in [-0.25, -0.2) is 4.79 Å². The van der Waals surface area contributed by atoms with Gasteiger partial charge < -0.3 is 15.5 Å². The molecule has 2 N–H and O–H groups in total. The van der Waals surface area contributed by atoms with Crippen LogP contribution >= 0.6 is 0 Å². The summed E-state index contributed by atoms with van der Waals surface area (Å²) in [5.74, 6) is 0.0325. The molecule has 2 heterocycles. The topological polar surface area (TPSA) is 74.3 Å². The molecule has 0 spiro atoms. The lowest BCUT2D eigenvalue weighted by Gasteiger charge is -2.40. The highest BCUT2D eigenvalue weighted by Crippen LogP contribution is 2.31. The van der Waals surface area contributed by atoms with Crippen LogP contribution in [0.1, 0.15) is 78.3 Å². The number of hydrogen-bond acceptors (Lipinski definition) is 3. The Kier molecular flexibility index (Phi) is 7.04. The molecule has 1 aromatic rings. The number of amides is 3. The van der Waals surface area contributed by atoms with Crippen molar-refractivity contribution in [2.24, 2.45) is 5.41 Å². The van der Waals surface area contributed by atoms with Crippen LogP contribution in [0.15, 0.2) is 24.4 Å². The van der Waals surface area contributed by atoms with Gasteiger partial charge in [-0.15, -0.1) is 0 Å². The average molecular weight is 415 g/mol. The zero-order chi connectivity index (χ0) is 21.8. The number of aromatic nitrogens is 1. The van der Waals surface area contributed by atoms with Gasteiger partial charge in [0.1, 0.15) is 6.04 Å². The molecule has 6 heteroatoms. The fourth-order valence-electron chi connectivity index (χ4n) is 4.91.